The van der Waals surface area contributed by atoms with E-state index in [9.17, 15) is 45.9 Å². The molecule has 0 radical (unpaired) electrons. The van der Waals surface area contributed by atoms with Crippen molar-refractivity contribution in [2.75, 3.05) is 13.7 Å². The van der Waals surface area contributed by atoms with E-state index in [4.69, 9.17) is 14.2 Å². The molecule has 2 heterocycles. The first-order valence-electron chi connectivity index (χ1n) is 16.4. The molecular weight excluding hydrogens is 701 g/mol. The number of carbonyl (C=O) groups excluding carboxylic acids is 5. The Hall–Kier alpha value is -4.19. The number of ether oxygens (including phenoxy) is 3. The fourth-order valence-electron chi connectivity index (χ4n) is 6.38. The molecule has 1 aromatic rings. The van der Waals surface area contributed by atoms with Crippen molar-refractivity contribution in [3.8, 4) is 5.75 Å². The van der Waals surface area contributed by atoms with Crippen LogP contribution in [0, 0.1) is 17.8 Å². The van der Waals surface area contributed by atoms with Gasteiger partial charge < -0.3 is 34.3 Å². The Morgan fingerprint density at radius 1 is 1.10 bits per heavy atom. The molecule has 8 atom stereocenters. The van der Waals surface area contributed by atoms with Gasteiger partial charge in [0, 0.05) is 23.6 Å². The van der Waals surface area contributed by atoms with E-state index in [1.54, 1.807) is 23.8 Å². The summed E-state index contributed by atoms with van der Waals surface area (Å²) in [6.45, 7) is 4.49. The topological polar surface area (TPSA) is 192 Å². The molecule has 1 aromatic carbocycles. The van der Waals surface area contributed by atoms with Crippen LogP contribution in [0.4, 0.5) is 18.0 Å². The number of carbonyl (C=O) groups is 5. The Labute approximate surface area is 295 Å². The summed E-state index contributed by atoms with van der Waals surface area (Å²) in [4.78, 5) is 68.5. The van der Waals surface area contributed by atoms with Crippen LogP contribution in [0.5, 0.6) is 5.75 Å². The summed E-state index contributed by atoms with van der Waals surface area (Å²) >= 11 is -2.99. The molecule has 8 unspecified atom stereocenters. The van der Waals surface area contributed by atoms with Crippen molar-refractivity contribution in [1.29, 1.82) is 0 Å². The van der Waals surface area contributed by atoms with E-state index < -0.39 is 88.4 Å². The van der Waals surface area contributed by atoms with E-state index >= 15 is 0 Å². The number of methoxy groups -OCH3 is 1. The van der Waals surface area contributed by atoms with Crippen molar-refractivity contribution in [2.24, 2.45) is 17.8 Å². The van der Waals surface area contributed by atoms with Gasteiger partial charge in [-0.05, 0) is 75.6 Å². The summed E-state index contributed by atoms with van der Waals surface area (Å²) in [7, 11) is 1.45. The van der Waals surface area contributed by atoms with Crippen LogP contribution >= 0.6 is 0 Å². The van der Waals surface area contributed by atoms with Gasteiger partial charge in [0.2, 0.25) is 17.4 Å². The summed E-state index contributed by atoms with van der Waals surface area (Å²) < 4.78 is 80.7. The second-order valence-electron chi connectivity index (χ2n) is 13.8. The Morgan fingerprint density at radius 3 is 2.37 bits per heavy atom. The van der Waals surface area contributed by atoms with E-state index in [2.05, 4.69) is 10.6 Å². The molecule has 1 aliphatic carbocycles. The van der Waals surface area contributed by atoms with E-state index in [1.807, 2.05) is 6.92 Å². The van der Waals surface area contributed by atoms with Crippen LogP contribution < -0.4 is 20.1 Å². The van der Waals surface area contributed by atoms with Crippen LogP contribution in [0.2, 0.25) is 0 Å². The number of hydrogen-bond acceptors (Lipinski definition) is 10. The van der Waals surface area contributed by atoms with Gasteiger partial charge in [0.25, 0.3) is 5.91 Å². The third-order valence-electron chi connectivity index (χ3n) is 9.50. The fraction of sp³-hybridized carbons (Fsp3) is 0.606. The van der Waals surface area contributed by atoms with Crippen molar-refractivity contribution in [3.05, 3.63) is 42.0 Å². The molecule has 4 amide bonds. The second kappa shape index (κ2) is 15.6. The third-order valence-corrected chi connectivity index (χ3v) is 9.85. The van der Waals surface area contributed by atoms with E-state index in [0.717, 1.165) is 4.90 Å². The minimum Gasteiger partial charge on any atom is -0.755 e. The zero-order chi connectivity index (χ0) is 37.9. The Kier molecular flexibility index (Phi) is 12.1. The molecule has 14 nitrogen and oxygen atoms in total. The minimum absolute atomic E-state index is 0.0583. The van der Waals surface area contributed by atoms with Crippen LogP contribution in [0.25, 0.3) is 0 Å². The standard InChI is InChI=1S/C33H43F3N4O10S/c1-18-8-6-7-9-21-16-32(21,29(44)39-51(46)47)38-26(41)24-15-23(49-28(43)20-10-12-22(48-5)13-11-20)17-40(24)27(42)25(19(2)14-18)37-30(45)50-31(3,4)33(34,35)36/h7,9-13,18-19,21,23-25H,6,8,14-17H2,1-5H3,(H,37,45)(H,38,41)(H,39,44)(H,46,47)/p-1. The maximum absolute atomic E-state index is 14.4. The summed E-state index contributed by atoms with van der Waals surface area (Å²) in [5, 5.41) is 4.91. The molecule has 3 N–H and O–H groups in total. The number of allylic oxidation sites excluding steroid dienone is 1. The van der Waals surface area contributed by atoms with Crippen molar-refractivity contribution in [3.63, 3.8) is 0 Å². The highest BCUT2D eigenvalue weighted by molar-refractivity contribution is 7.77. The number of halogens is 3. The maximum atomic E-state index is 14.4. The Morgan fingerprint density at radius 2 is 1.76 bits per heavy atom. The van der Waals surface area contributed by atoms with Crippen LogP contribution in [-0.2, 0) is 35.1 Å². The molecule has 282 valence electrons. The monoisotopic (exact) mass is 743 g/mol. The molecule has 0 bridgehead atoms. The summed E-state index contributed by atoms with van der Waals surface area (Å²) in [5.41, 5.74) is -4.42. The number of rotatable bonds is 7. The molecule has 3 aliphatic rings. The number of esters is 1. The van der Waals surface area contributed by atoms with Crippen LogP contribution in [0.1, 0.15) is 70.2 Å². The van der Waals surface area contributed by atoms with Gasteiger partial charge in [0.05, 0.1) is 19.2 Å². The highest BCUT2D eigenvalue weighted by Gasteiger charge is 2.61. The van der Waals surface area contributed by atoms with Gasteiger partial charge in [-0.1, -0.05) is 26.0 Å². The largest absolute Gasteiger partial charge is 0.755 e. The molecule has 0 spiro atoms. The van der Waals surface area contributed by atoms with Gasteiger partial charge in [-0.2, -0.15) is 13.2 Å². The van der Waals surface area contributed by atoms with Gasteiger partial charge in [0.15, 0.2) is 0 Å². The minimum atomic E-state index is -4.93. The zero-order valence-corrected chi connectivity index (χ0v) is 29.6. The first kappa shape index (κ1) is 39.6. The molecule has 1 saturated carbocycles. The lowest BCUT2D eigenvalue weighted by atomic mass is 9.88. The quantitative estimate of drug-likeness (QED) is 0.213. The lowest BCUT2D eigenvalue weighted by molar-refractivity contribution is -0.244. The van der Waals surface area contributed by atoms with Crippen LogP contribution in [0.3, 0.4) is 0 Å². The van der Waals surface area contributed by atoms with Gasteiger partial charge in [-0.15, -0.1) is 0 Å². The number of hydrogen-bond donors (Lipinski definition) is 3. The predicted molar refractivity (Wildman–Crippen MR) is 173 cm³/mol. The van der Waals surface area contributed by atoms with Crippen LogP contribution in [0.15, 0.2) is 36.4 Å². The number of alkyl halides is 3. The first-order chi connectivity index (χ1) is 23.8. The van der Waals surface area contributed by atoms with Crippen molar-refractivity contribution in [2.45, 2.75) is 95.3 Å². The molecule has 18 heteroatoms. The summed E-state index contributed by atoms with van der Waals surface area (Å²) in [5.74, 6) is -4.33. The van der Waals surface area contributed by atoms with E-state index in [-0.39, 0.29) is 30.9 Å². The average molecular weight is 744 g/mol. The number of nitrogens with zero attached hydrogens (tertiary/aromatic N) is 1. The van der Waals surface area contributed by atoms with Crippen molar-refractivity contribution in [1.82, 2.24) is 20.3 Å². The van der Waals surface area contributed by atoms with Crippen molar-refractivity contribution < 1.29 is 60.1 Å². The molecule has 2 fully saturated rings. The zero-order valence-electron chi connectivity index (χ0n) is 28.7. The molecule has 51 heavy (non-hydrogen) atoms. The van der Waals surface area contributed by atoms with Gasteiger partial charge in [-0.25, -0.2) is 9.59 Å². The number of alkyl carbamates (subject to hydrolysis) is 1. The van der Waals surface area contributed by atoms with Crippen molar-refractivity contribution >= 4 is 41.1 Å². The van der Waals surface area contributed by atoms with E-state index in [0.29, 0.717) is 38.9 Å². The predicted octanol–water partition coefficient (Wildman–Crippen LogP) is 3.05. The Bertz CT molecular complexity index is 1560. The normalized spacial score (nSPS) is 29.2. The third kappa shape index (κ3) is 9.38. The molecule has 1 saturated heterocycles. The van der Waals surface area contributed by atoms with Crippen LogP contribution in [-0.4, -0.2) is 92.6 Å². The highest BCUT2D eigenvalue weighted by atomic mass is 32.2. The molecule has 0 aromatic heterocycles. The molecular formula is C33H42F3N4O10S-. The second-order valence-corrected chi connectivity index (χ2v) is 14.5. The highest BCUT2D eigenvalue weighted by Crippen LogP contribution is 2.46. The van der Waals surface area contributed by atoms with E-state index in [1.165, 1.54) is 31.4 Å². The lowest BCUT2D eigenvalue weighted by Gasteiger charge is -2.34. The first-order valence-corrected chi connectivity index (χ1v) is 17.5. The SMILES string of the molecule is COc1ccc(C(=O)OC2CC3C(=O)NC4(C(=O)NS(=O)[O-])CC4C=CCCC(C)CC(C)C(NC(=O)OC(C)(C)C(F)(F)F)C(=O)N3C2)cc1. The number of benzene rings is 1. The van der Waals surface area contributed by atoms with Gasteiger partial charge in [0.1, 0.15) is 29.5 Å². The average Bonchev–Trinajstić information content (AvgIpc) is 3.57. The Balaban J connectivity index is 1.69. The fourth-order valence-corrected chi connectivity index (χ4v) is 6.71. The summed E-state index contributed by atoms with van der Waals surface area (Å²) in [6, 6.07) is 3.08. The van der Waals surface area contributed by atoms with Gasteiger partial charge in [-0.3, -0.25) is 23.3 Å². The maximum Gasteiger partial charge on any atom is 0.427 e. The summed E-state index contributed by atoms with van der Waals surface area (Å²) in [6.07, 6.45) is -2.75. The molecule has 4 rings (SSSR count). The van der Waals surface area contributed by atoms with Gasteiger partial charge >= 0.3 is 18.2 Å². The number of nitrogens with one attached hydrogen (secondary N) is 3. The lowest BCUT2D eigenvalue weighted by Crippen LogP contribution is -2.59. The number of amides is 4. The smallest absolute Gasteiger partial charge is 0.427 e. The molecule has 2 aliphatic heterocycles. The number of fused-ring (bicyclic) bond motifs is 2.